The topological polar surface area (TPSA) is 65.1 Å². The number of nitrogens with zero attached hydrogens (tertiary/aromatic N) is 1. The molecule has 0 fully saturated rings. The van der Waals surface area contributed by atoms with Gasteiger partial charge in [0.2, 0.25) is 0 Å². The monoisotopic (exact) mass is 433 g/mol. The van der Waals surface area contributed by atoms with Gasteiger partial charge < -0.3 is 19.1 Å². The van der Waals surface area contributed by atoms with Crippen molar-refractivity contribution in [3.8, 4) is 11.5 Å². The minimum Gasteiger partial charge on any atom is -0.497 e. The van der Waals surface area contributed by atoms with Crippen molar-refractivity contribution < 1.29 is 22.6 Å². The van der Waals surface area contributed by atoms with Crippen LogP contribution in [0, 0.1) is 0 Å². The molecule has 0 amide bonds. The first-order valence-corrected chi connectivity index (χ1v) is 11.5. The molecule has 3 rings (SSSR count). The lowest BCUT2D eigenvalue weighted by Gasteiger charge is -2.24. The fourth-order valence-corrected chi connectivity index (χ4v) is 3.83. The van der Waals surface area contributed by atoms with Crippen LogP contribution in [0.25, 0.3) is 5.70 Å². The second-order valence-corrected chi connectivity index (χ2v) is 9.46. The molecule has 0 saturated carbocycles. The summed E-state index contributed by atoms with van der Waals surface area (Å²) in [5, 5.41) is 0. The number of sulfone groups is 1. The summed E-state index contributed by atoms with van der Waals surface area (Å²) in [6, 6.07) is 11.0. The number of benzene rings is 2. The van der Waals surface area contributed by atoms with Crippen LogP contribution in [0.4, 0.5) is 0 Å². The Morgan fingerprint density at radius 3 is 2.23 bits per heavy atom. The molecule has 0 unspecified atom stereocenters. The van der Waals surface area contributed by atoms with Gasteiger partial charge in [-0.2, -0.15) is 0 Å². The number of hydrogen-bond donors (Lipinski definition) is 0. The van der Waals surface area contributed by atoms with E-state index >= 15 is 0 Å². The van der Waals surface area contributed by atoms with Crippen LogP contribution in [0.3, 0.4) is 0 Å². The maximum absolute atomic E-state index is 12.0. The maximum Gasteiger partial charge on any atom is 0.175 e. The van der Waals surface area contributed by atoms with Gasteiger partial charge >= 0.3 is 0 Å². The molecule has 1 heterocycles. The van der Waals surface area contributed by atoms with Crippen LogP contribution < -0.4 is 9.47 Å². The molecule has 0 spiro atoms. The van der Waals surface area contributed by atoms with Crippen molar-refractivity contribution in [3.05, 3.63) is 59.7 Å². The molecule has 2 aromatic carbocycles. The zero-order chi connectivity index (χ0) is 22.5. The lowest BCUT2D eigenvalue weighted by molar-refractivity contribution is 0.240. The second kappa shape index (κ2) is 10.00. The maximum atomic E-state index is 12.0. The Labute approximate surface area is 180 Å². The van der Waals surface area contributed by atoms with Gasteiger partial charge in [0, 0.05) is 44.8 Å². The van der Waals surface area contributed by atoms with Gasteiger partial charge in [-0.15, -0.1) is 0 Å². The van der Waals surface area contributed by atoms with Gasteiger partial charge in [-0.05, 0) is 55.3 Å². The molecular formula is C23H31NO5S. The molecule has 0 aliphatic carbocycles. The molecule has 0 bridgehead atoms. The number of fused-ring (bicyclic) bond motifs is 1. The van der Waals surface area contributed by atoms with Crippen molar-refractivity contribution in [1.82, 2.24) is 4.90 Å². The van der Waals surface area contributed by atoms with Gasteiger partial charge in [0.1, 0.15) is 11.5 Å². The normalized spacial score (nSPS) is 12.8. The summed E-state index contributed by atoms with van der Waals surface area (Å²) in [5.74, 6) is 1.46. The van der Waals surface area contributed by atoms with Gasteiger partial charge in [-0.3, -0.25) is 0 Å². The van der Waals surface area contributed by atoms with Crippen molar-refractivity contribution in [1.29, 1.82) is 0 Å². The molecule has 0 N–H and O–H groups in total. The zero-order valence-electron chi connectivity index (χ0n) is 18.6. The molecule has 1 aliphatic heterocycles. The van der Waals surface area contributed by atoms with Crippen molar-refractivity contribution in [2.75, 3.05) is 27.6 Å². The molecule has 2 aromatic rings. The largest absolute Gasteiger partial charge is 0.497 e. The van der Waals surface area contributed by atoms with Crippen molar-refractivity contribution in [2.45, 2.75) is 37.9 Å². The summed E-state index contributed by atoms with van der Waals surface area (Å²) in [6.45, 7) is 9.52. The van der Waals surface area contributed by atoms with Gasteiger partial charge in [0.05, 0.1) is 18.1 Å². The molecule has 0 saturated heterocycles. The molecule has 0 radical (unpaired) electrons. The summed E-state index contributed by atoms with van der Waals surface area (Å²) < 4.78 is 39.5. The number of ether oxygens (including phenoxy) is 3. The van der Waals surface area contributed by atoms with Crippen LogP contribution in [0.15, 0.2) is 47.9 Å². The fourth-order valence-electron chi connectivity index (χ4n) is 3.18. The molecule has 6 nitrogen and oxygen atoms in total. The Bertz CT molecular complexity index is 999. The van der Waals surface area contributed by atoms with Crippen LogP contribution in [0.2, 0.25) is 0 Å². The molecule has 164 valence electrons. The number of hydrogen-bond acceptors (Lipinski definition) is 6. The lowest BCUT2D eigenvalue weighted by Crippen LogP contribution is -2.16. The van der Waals surface area contributed by atoms with E-state index in [4.69, 9.17) is 9.47 Å². The van der Waals surface area contributed by atoms with E-state index in [0.717, 1.165) is 11.4 Å². The smallest absolute Gasteiger partial charge is 0.175 e. The average molecular weight is 434 g/mol. The highest BCUT2D eigenvalue weighted by atomic mass is 32.2. The first kappa shape index (κ1) is 23.8. The Morgan fingerprint density at radius 2 is 1.67 bits per heavy atom. The van der Waals surface area contributed by atoms with Gasteiger partial charge in [-0.25, -0.2) is 8.42 Å². The molecule has 30 heavy (non-hydrogen) atoms. The Kier molecular flexibility index (Phi) is 7.92. The minimum atomic E-state index is -3.32. The third-order valence-corrected chi connectivity index (χ3v) is 5.68. The van der Waals surface area contributed by atoms with E-state index < -0.39 is 9.84 Å². The van der Waals surface area contributed by atoms with E-state index in [1.165, 1.54) is 17.4 Å². The van der Waals surface area contributed by atoms with E-state index in [9.17, 15) is 8.42 Å². The van der Waals surface area contributed by atoms with Crippen LogP contribution in [0.5, 0.6) is 11.5 Å². The summed E-state index contributed by atoms with van der Waals surface area (Å²) in [6.07, 6.45) is 1.18. The van der Waals surface area contributed by atoms with Crippen LogP contribution in [-0.4, -0.2) is 47.0 Å². The highest BCUT2D eigenvalue weighted by Crippen LogP contribution is 2.36. The molecule has 0 aromatic heterocycles. The molecule has 7 heteroatoms. The Balaban J connectivity index is 0.00000101. The predicted octanol–water partition coefficient (Wildman–Crippen LogP) is 4.14. The van der Waals surface area contributed by atoms with Crippen LogP contribution in [-0.2, 0) is 27.7 Å². The number of rotatable bonds is 6. The van der Waals surface area contributed by atoms with Crippen molar-refractivity contribution in [3.63, 3.8) is 0 Å². The van der Waals surface area contributed by atoms with Crippen molar-refractivity contribution in [2.24, 2.45) is 0 Å². The third-order valence-electron chi connectivity index (χ3n) is 4.57. The SMILES string of the molecule is C=C(c1cc(S(C)(=O)=O)ccc1OC(C)C)N1Cc2ccc(OC)cc2C1.COC. The van der Waals surface area contributed by atoms with E-state index in [0.29, 0.717) is 24.4 Å². The van der Waals surface area contributed by atoms with E-state index in [1.54, 1.807) is 39.5 Å². The van der Waals surface area contributed by atoms with Gasteiger partial charge in [0.25, 0.3) is 0 Å². The average Bonchev–Trinajstić information content (AvgIpc) is 3.10. The highest BCUT2D eigenvalue weighted by Gasteiger charge is 2.24. The summed E-state index contributed by atoms with van der Waals surface area (Å²) >= 11 is 0. The van der Waals surface area contributed by atoms with Crippen molar-refractivity contribution >= 4 is 15.5 Å². The highest BCUT2D eigenvalue weighted by molar-refractivity contribution is 7.90. The lowest BCUT2D eigenvalue weighted by atomic mass is 10.1. The van der Waals surface area contributed by atoms with Gasteiger partial charge in [0.15, 0.2) is 9.84 Å². The van der Waals surface area contributed by atoms with Gasteiger partial charge in [-0.1, -0.05) is 12.6 Å². The first-order valence-electron chi connectivity index (χ1n) is 9.61. The van der Waals surface area contributed by atoms with E-state index in [2.05, 4.69) is 22.3 Å². The summed E-state index contributed by atoms with van der Waals surface area (Å²) in [4.78, 5) is 2.38. The molecular weight excluding hydrogens is 402 g/mol. The first-order chi connectivity index (χ1) is 14.1. The van der Waals surface area contributed by atoms with Crippen LogP contribution >= 0.6 is 0 Å². The quantitative estimate of drug-likeness (QED) is 0.682. The Morgan fingerprint density at radius 1 is 1.03 bits per heavy atom. The summed E-state index contributed by atoms with van der Waals surface area (Å²) in [5.41, 5.74) is 3.83. The summed E-state index contributed by atoms with van der Waals surface area (Å²) in [7, 11) is 1.58. The third kappa shape index (κ3) is 5.77. The zero-order valence-corrected chi connectivity index (χ0v) is 19.4. The van der Waals surface area contributed by atoms with Crippen LogP contribution in [0.1, 0.15) is 30.5 Å². The standard InChI is InChI=1S/C21H25NO4S.C2H6O/c1-14(2)26-21-9-8-19(27(5,23)24)11-20(21)15(3)22-12-16-6-7-18(25-4)10-17(16)13-22;1-3-2/h6-11,14H,3,12-13H2,1-2,4-5H3;1-2H3. The molecule has 1 aliphatic rings. The van der Waals surface area contributed by atoms with E-state index in [-0.39, 0.29) is 11.0 Å². The predicted molar refractivity (Wildman–Crippen MR) is 120 cm³/mol. The van der Waals surface area contributed by atoms with E-state index in [1.807, 2.05) is 26.0 Å². The number of methoxy groups -OCH3 is 2. The second-order valence-electron chi connectivity index (χ2n) is 7.44. The fraction of sp³-hybridized carbons (Fsp3) is 0.391. The minimum absolute atomic E-state index is 0.0272. The Hall–Kier alpha value is -2.51. The molecule has 0 atom stereocenters.